The van der Waals surface area contributed by atoms with E-state index in [1.165, 1.54) is 11.3 Å². The number of halogens is 1. The van der Waals surface area contributed by atoms with Crippen molar-refractivity contribution < 1.29 is 0 Å². The molecule has 0 aliphatic carbocycles. The van der Waals surface area contributed by atoms with Crippen LogP contribution < -0.4 is 11.5 Å². The number of aromatic nitrogens is 2. The second-order valence-corrected chi connectivity index (χ2v) is 6.37. The van der Waals surface area contributed by atoms with Gasteiger partial charge in [-0.25, -0.2) is 9.97 Å². The van der Waals surface area contributed by atoms with E-state index >= 15 is 0 Å². The quantitative estimate of drug-likeness (QED) is 0.736. The van der Waals surface area contributed by atoms with Gasteiger partial charge in [0.15, 0.2) is 5.13 Å². The fourth-order valence-electron chi connectivity index (χ4n) is 2.31. The normalized spacial score (nSPS) is 10.5. The smallest absolute Gasteiger partial charge is 0.180 e. The second-order valence-electron chi connectivity index (χ2n) is 4.90. The summed E-state index contributed by atoms with van der Waals surface area (Å²) in [5.41, 5.74) is 15.1. The summed E-state index contributed by atoms with van der Waals surface area (Å²) in [4.78, 5) is 9.38. The lowest BCUT2D eigenvalue weighted by Gasteiger charge is -2.09. The summed E-state index contributed by atoms with van der Waals surface area (Å²) in [6, 6.07) is 11.2. The summed E-state index contributed by atoms with van der Waals surface area (Å²) in [5, 5.41) is 10.5. The Balaban J connectivity index is 2.24. The zero-order chi connectivity index (χ0) is 16.6. The number of hydrogen-bond donors (Lipinski definition) is 2. The monoisotopic (exact) mass is 341 g/mol. The van der Waals surface area contributed by atoms with Crippen molar-refractivity contribution in [2.75, 3.05) is 11.5 Å². The maximum absolute atomic E-state index is 9.41. The molecule has 1 aromatic carbocycles. The maximum Gasteiger partial charge on any atom is 0.180 e. The van der Waals surface area contributed by atoms with Crippen molar-refractivity contribution in [1.29, 1.82) is 5.26 Å². The highest BCUT2D eigenvalue weighted by Gasteiger charge is 2.16. The Labute approximate surface area is 142 Å². The van der Waals surface area contributed by atoms with Gasteiger partial charge in [0.25, 0.3) is 0 Å². The van der Waals surface area contributed by atoms with Gasteiger partial charge in [-0.1, -0.05) is 35.1 Å². The minimum atomic E-state index is 0.182. The Morgan fingerprint density at radius 2 is 1.87 bits per heavy atom. The lowest BCUT2D eigenvalue weighted by molar-refractivity contribution is 1.25. The van der Waals surface area contributed by atoms with Gasteiger partial charge in [-0.05, 0) is 30.7 Å². The van der Waals surface area contributed by atoms with Crippen LogP contribution in [0.2, 0.25) is 5.02 Å². The topological polar surface area (TPSA) is 102 Å². The largest absolute Gasteiger partial charge is 0.383 e. The molecule has 0 radical (unpaired) electrons. The van der Waals surface area contributed by atoms with Crippen LogP contribution in [0.3, 0.4) is 0 Å². The fraction of sp³-hybridized carbons (Fsp3) is 0.0625. The molecule has 0 amide bonds. The van der Waals surface area contributed by atoms with Crippen LogP contribution in [0.25, 0.3) is 21.7 Å². The van der Waals surface area contributed by atoms with E-state index in [9.17, 15) is 5.26 Å². The molecule has 0 saturated carbocycles. The predicted molar refractivity (Wildman–Crippen MR) is 94.1 cm³/mol. The highest BCUT2D eigenvalue weighted by molar-refractivity contribution is 7.18. The van der Waals surface area contributed by atoms with Crippen molar-refractivity contribution in [1.82, 2.24) is 9.97 Å². The van der Waals surface area contributed by atoms with E-state index in [0.717, 1.165) is 16.1 Å². The van der Waals surface area contributed by atoms with Gasteiger partial charge in [0.2, 0.25) is 0 Å². The van der Waals surface area contributed by atoms with Crippen molar-refractivity contribution in [2.45, 2.75) is 6.92 Å². The van der Waals surface area contributed by atoms with Crippen LogP contribution in [0, 0.1) is 18.3 Å². The van der Waals surface area contributed by atoms with Crippen molar-refractivity contribution in [3.8, 4) is 27.8 Å². The number of nitrogens with two attached hydrogens (primary N) is 2. The van der Waals surface area contributed by atoms with Gasteiger partial charge in [-0.2, -0.15) is 5.26 Å². The Bertz CT molecular complexity index is 925. The number of nitrogens with zero attached hydrogens (tertiary/aromatic N) is 3. The SMILES string of the molecule is Cc1nc(N)sc1-c1cc(-c2ccc(Cl)cc2)c(C#N)c(N)n1. The molecule has 2 heterocycles. The average Bonchev–Trinajstić information content (AvgIpc) is 2.86. The van der Waals surface area contributed by atoms with Crippen LogP contribution >= 0.6 is 22.9 Å². The molecular formula is C16H12ClN5S. The van der Waals surface area contributed by atoms with Crippen molar-refractivity contribution in [3.05, 3.63) is 46.6 Å². The molecule has 0 bridgehead atoms. The first kappa shape index (κ1) is 15.3. The zero-order valence-electron chi connectivity index (χ0n) is 12.2. The minimum Gasteiger partial charge on any atom is -0.383 e. The molecule has 0 atom stereocenters. The Hall–Kier alpha value is -2.62. The summed E-state index contributed by atoms with van der Waals surface area (Å²) < 4.78 is 0. The van der Waals surface area contributed by atoms with Crippen LogP contribution in [0.1, 0.15) is 11.3 Å². The van der Waals surface area contributed by atoms with Gasteiger partial charge >= 0.3 is 0 Å². The van der Waals surface area contributed by atoms with Gasteiger partial charge in [0, 0.05) is 10.6 Å². The second kappa shape index (κ2) is 5.88. The third-order valence-corrected chi connectivity index (χ3v) is 4.62. The fourth-order valence-corrected chi connectivity index (χ4v) is 3.23. The summed E-state index contributed by atoms with van der Waals surface area (Å²) in [6.07, 6.45) is 0. The van der Waals surface area contributed by atoms with E-state index < -0.39 is 0 Å². The van der Waals surface area contributed by atoms with Crippen molar-refractivity contribution in [2.24, 2.45) is 0 Å². The molecular weight excluding hydrogens is 330 g/mol. The molecule has 3 rings (SSSR count). The number of rotatable bonds is 2. The van der Waals surface area contributed by atoms with Crippen LogP contribution in [-0.4, -0.2) is 9.97 Å². The van der Waals surface area contributed by atoms with Gasteiger partial charge < -0.3 is 11.5 Å². The summed E-state index contributed by atoms with van der Waals surface area (Å²) in [5.74, 6) is 0.182. The van der Waals surface area contributed by atoms with E-state index in [1.54, 1.807) is 12.1 Å². The molecule has 0 saturated heterocycles. The molecule has 0 spiro atoms. The van der Waals surface area contributed by atoms with E-state index in [0.29, 0.717) is 27.0 Å². The third kappa shape index (κ3) is 2.84. The highest BCUT2D eigenvalue weighted by Crippen LogP contribution is 2.35. The lowest BCUT2D eigenvalue weighted by atomic mass is 10.00. The third-order valence-electron chi connectivity index (χ3n) is 3.36. The molecule has 2 aromatic heterocycles. The molecule has 0 aliphatic heterocycles. The first-order chi connectivity index (χ1) is 11.0. The molecule has 0 aliphatic rings. The van der Waals surface area contributed by atoms with E-state index in [1.807, 2.05) is 25.1 Å². The standard InChI is InChI=1S/C16H12ClN5S/c1-8-14(23-16(20)21-8)13-6-11(12(7-18)15(19)22-13)9-2-4-10(17)5-3-9/h2-6H,1H3,(H2,19,22)(H2,20,21). The van der Waals surface area contributed by atoms with Gasteiger partial charge in [-0.15, -0.1) is 0 Å². The van der Waals surface area contributed by atoms with E-state index in [-0.39, 0.29) is 5.82 Å². The van der Waals surface area contributed by atoms with Gasteiger partial charge in [0.1, 0.15) is 17.5 Å². The lowest BCUT2D eigenvalue weighted by Crippen LogP contribution is -1.99. The van der Waals surface area contributed by atoms with Crippen molar-refractivity contribution in [3.63, 3.8) is 0 Å². The molecule has 4 N–H and O–H groups in total. The number of aryl methyl sites for hydroxylation is 1. The minimum absolute atomic E-state index is 0.182. The summed E-state index contributed by atoms with van der Waals surface area (Å²) in [6.45, 7) is 1.86. The molecule has 23 heavy (non-hydrogen) atoms. The molecule has 0 unspecified atom stereocenters. The first-order valence-electron chi connectivity index (χ1n) is 6.69. The van der Waals surface area contributed by atoms with Crippen LogP contribution in [0.5, 0.6) is 0 Å². The number of pyridine rings is 1. The number of nitrogen functional groups attached to an aromatic ring is 2. The molecule has 0 fully saturated rings. The maximum atomic E-state index is 9.41. The Morgan fingerprint density at radius 3 is 2.43 bits per heavy atom. The zero-order valence-corrected chi connectivity index (χ0v) is 13.7. The van der Waals surface area contributed by atoms with Gasteiger partial charge in [-0.3, -0.25) is 0 Å². The number of hydrogen-bond acceptors (Lipinski definition) is 6. The predicted octanol–water partition coefficient (Wildman–Crippen LogP) is 3.87. The molecule has 5 nitrogen and oxygen atoms in total. The summed E-state index contributed by atoms with van der Waals surface area (Å²) in [7, 11) is 0. The molecule has 3 aromatic rings. The average molecular weight is 342 g/mol. The Morgan fingerprint density at radius 1 is 1.17 bits per heavy atom. The van der Waals surface area contributed by atoms with E-state index in [2.05, 4.69) is 16.0 Å². The van der Waals surface area contributed by atoms with Crippen LogP contribution in [0.15, 0.2) is 30.3 Å². The number of thiazole rings is 1. The number of anilines is 2. The number of benzene rings is 1. The molecule has 114 valence electrons. The first-order valence-corrected chi connectivity index (χ1v) is 7.89. The number of nitriles is 1. The summed E-state index contributed by atoms with van der Waals surface area (Å²) >= 11 is 7.27. The van der Waals surface area contributed by atoms with E-state index in [4.69, 9.17) is 23.1 Å². The Kier molecular flexibility index (Phi) is 3.90. The molecule has 7 heteroatoms. The van der Waals surface area contributed by atoms with Crippen LogP contribution in [0.4, 0.5) is 10.9 Å². The van der Waals surface area contributed by atoms with Gasteiger partial charge in [0.05, 0.1) is 16.3 Å². The highest BCUT2D eigenvalue weighted by atomic mass is 35.5. The van der Waals surface area contributed by atoms with Crippen molar-refractivity contribution >= 4 is 33.9 Å². The van der Waals surface area contributed by atoms with Crippen LogP contribution in [-0.2, 0) is 0 Å².